The normalized spacial score (nSPS) is 10.5. The summed E-state index contributed by atoms with van der Waals surface area (Å²) in [5, 5.41) is 8.53. The molecule has 0 aromatic rings. The minimum absolute atomic E-state index is 0.0480. The Morgan fingerprint density at radius 1 is 0.514 bits per heavy atom. The van der Waals surface area contributed by atoms with Crippen LogP contribution in [0, 0.1) is 0 Å². The molecule has 200 valence electrons. The van der Waals surface area contributed by atoms with E-state index in [1.54, 1.807) is 0 Å². The van der Waals surface area contributed by atoms with Crippen LogP contribution < -0.4 is 0 Å². The van der Waals surface area contributed by atoms with Gasteiger partial charge in [0, 0.05) is 38.5 Å². The van der Waals surface area contributed by atoms with Crippen molar-refractivity contribution in [3.8, 4) is 0 Å². The van der Waals surface area contributed by atoms with Gasteiger partial charge in [0.05, 0.1) is 19.6 Å². The SMILES string of the molecule is CC(=O)CCCCC(=O)OCCCCCC(=O)CC(=O)CCCCCOC(=O)CCCCC(=O)O. The molecule has 0 aromatic carbocycles. The lowest BCUT2D eigenvalue weighted by atomic mass is 10.0. The molecule has 0 rings (SSSR count). The van der Waals surface area contributed by atoms with Crippen molar-refractivity contribution in [3.05, 3.63) is 0 Å². The van der Waals surface area contributed by atoms with Gasteiger partial charge in [-0.25, -0.2) is 0 Å². The Labute approximate surface area is 208 Å². The van der Waals surface area contributed by atoms with Crippen LogP contribution in [0.3, 0.4) is 0 Å². The van der Waals surface area contributed by atoms with E-state index in [1.165, 1.54) is 6.92 Å². The van der Waals surface area contributed by atoms with Crippen LogP contribution >= 0.6 is 0 Å². The number of hydrogen-bond donors (Lipinski definition) is 1. The molecule has 35 heavy (non-hydrogen) atoms. The highest BCUT2D eigenvalue weighted by atomic mass is 16.5. The molecule has 0 radical (unpaired) electrons. The van der Waals surface area contributed by atoms with Crippen molar-refractivity contribution in [2.75, 3.05) is 13.2 Å². The van der Waals surface area contributed by atoms with E-state index in [0.717, 1.165) is 12.8 Å². The first-order valence-corrected chi connectivity index (χ1v) is 12.8. The molecule has 0 aromatic heterocycles. The maximum Gasteiger partial charge on any atom is 0.305 e. The molecule has 1 N–H and O–H groups in total. The average Bonchev–Trinajstić information content (AvgIpc) is 2.78. The van der Waals surface area contributed by atoms with E-state index in [9.17, 15) is 28.8 Å². The molecule has 0 saturated carbocycles. The monoisotopic (exact) mass is 498 g/mol. The fraction of sp³-hybridized carbons (Fsp3) is 0.769. The Kier molecular flexibility index (Phi) is 20.3. The highest BCUT2D eigenvalue weighted by Gasteiger charge is 2.10. The predicted molar refractivity (Wildman–Crippen MR) is 129 cm³/mol. The highest BCUT2D eigenvalue weighted by Crippen LogP contribution is 2.09. The van der Waals surface area contributed by atoms with Gasteiger partial charge in [0.15, 0.2) is 0 Å². The Bertz CT molecular complexity index is 614. The molecule has 0 heterocycles. The number of rotatable bonds is 24. The van der Waals surface area contributed by atoms with Gasteiger partial charge in [0.2, 0.25) is 0 Å². The van der Waals surface area contributed by atoms with Gasteiger partial charge >= 0.3 is 17.9 Å². The van der Waals surface area contributed by atoms with Gasteiger partial charge in [0.25, 0.3) is 0 Å². The first-order valence-electron chi connectivity index (χ1n) is 12.8. The zero-order chi connectivity index (χ0) is 26.3. The predicted octanol–water partition coefficient (Wildman–Crippen LogP) is 4.52. The minimum Gasteiger partial charge on any atom is -0.481 e. The van der Waals surface area contributed by atoms with Crippen molar-refractivity contribution in [2.24, 2.45) is 0 Å². The smallest absolute Gasteiger partial charge is 0.305 e. The van der Waals surface area contributed by atoms with Crippen LogP contribution in [-0.2, 0) is 38.2 Å². The van der Waals surface area contributed by atoms with E-state index < -0.39 is 5.97 Å². The second-order valence-corrected chi connectivity index (χ2v) is 8.83. The van der Waals surface area contributed by atoms with E-state index in [2.05, 4.69) is 0 Å². The number of carbonyl (C=O) groups is 6. The molecule has 0 atom stereocenters. The summed E-state index contributed by atoms with van der Waals surface area (Å²) in [6.45, 7) is 2.13. The van der Waals surface area contributed by atoms with Crippen molar-refractivity contribution >= 4 is 35.3 Å². The second kappa shape index (κ2) is 21.9. The quantitative estimate of drug-likeness (QED) is 0.115. The van der Waals surface area contributed by atoms with Crippen LogP contribution in [0.25, 0.3) is 0 Å². The van der Waals surface area contributed by atoms with Gasteiger partial charge < -0.3 is 19.4 Å². The van der Waals surface area contributed by atoms with Crippen LogP contribution in [0.15, 0.2) is 0 Å². The van der Waals surface area contributed by atoms with E-state index in [1.807, 2.05) is 0 Å². The van der Waals surface area contributed by atoms with E-state index in [-0.39, 0.29) is 55.2 Å². The number of carbonyl (C=O) groups excluding carboxylic acids is 5. The van der Waals surface area contributed by atoms with Crippen molar-refractivity contribution in [2.45, 2.75) is 116 Å². The molecular weight excluding hydrogens is 456 g/mol. The number of aliphatic carboxylic acids is 1. The third kappa shape index (κ3) is 24.3. The summed E-state index contributed by atoms with van der Waals surface area (Å²) >= 11 is 0. The molecule has 0 aliphatic heterocycles. The largest absolute Gasteiger partial charge is 0.481 e. The third-order valence-corrected chi connectivity index (χ3v) is 5.30. The molecular formula is C26H42O9. The Hall–Kier alpha value is -2.58. The molecule has 0 bridgehead atoms. The average molecular weight is 499 g/mol. The molecule has 0 fully saturated rings. The Morgan fingerprint density at radius 2 is 0.914 bits per heavy atom. The number of ketones is 3. The van der Waals surface area contributed by atoms with E-state index in [4.69, 9.17) is 14.6 Å². The number of carboxylic acids is 1. The summed E-state index contributed by atoms with van der Waals surface area (Å²) in [5.41, 5.74) is 0. The van der Waals surface area contributed by atoms with Gasteiger partial charge in [-0.05, 0) is 71.1 Å². The van der Waals surface area contributed by atoms with Crippen molar-refractivity contribution < 1.29 is 43.3 Å². The van der Waals surface area contributed by atoms with E-state index >= 15 is 0 Å². The van der Waals surface area contributed by atoms with Crippen LogP contribution in [0.2, 0.25) is 0 Å². The van der Waals surface area contributed by atoms with Gasteiger partial charge in [-0.1, -0.05) is 0 Å². The molecule has 9 heteroatoms. The van der Waals surface area contributed by atoms with Gasteiger partial charge in [-0.3, -0.25) is 24.0 Å². The minimum atomic E-state index is -0.875. The first-order chi connectivity index (χ1) is 16.7. The maximum absolute atomic E-state index is 11.9. The second-order valence-electron chi connectivity index (χ2n) is 8.83. The van der Waals surface area contributed by atoms with Crippen LogP contribution in [-0.4, -0.2) is 53.6 Å². The molecule has 0 amide bonds. The zero-order valence-corrected chi connectivity index (χ0v) is 21.1. The number of ether oxygens (including phenoxy) is 2. The Balaban J connectivity index is 3.54. The summed E-state index contributed by atoms with van der Waals surface area (Å²) in [6.07, 6.45) is 8.04. The molecule has 0 unspecified atom stereocenters. The lowest BCUT2D eigenvalue weighted by Gasteiger charge is -2.05. The summed E-state index contributed by atoms with van der Waals surface area (Å²) in [6, 6.07) is 0. The number of hydrogen-bond acceptors (Lipinski definition) is 8. The molecule has 0 spiro atoms. The molecule has 0 saturated heterocycles. The van der Waals surface area contributed by atoms with Gasteiger partial charge in [-0.15, -0.1) is 0 Å². The number of Topliss-reactive ketones (excluding diaryl/α,β-unsaturated/α-hetero) is 3. The fourth-order valence-corrected chi connectivity index (χ4v) is 3.30. The first kappa shape index (κ1) is 32.4. The lowest BCUT2D eigenvalue weighted by Crippen LogP contribution is -2.09. The third-order valence-electron chi connectivity index (χ3n) is 5.30. The fourth-order valence-electron chi connectivity index (χ4n) is 3.30. The zero-order valence-electron chi connectivity index (χ0n) is 21.1. The molecule has 0 aliphatic rings. The van der Waals surface area contributed by atoms with Crippen LogP contribution in [0.1, 0.15) is 116 Å². The van der Waals surface area contributed by atoms with Crippen LogP contribution in [0.4, 0.5) is 0 Å². The summed E-state index contributed by atoms with van der Waals surface area (Å²) in [4.78, 5) is 68.1. The van der Waals surface area contributed by atoms with Crippen molar-refractivity contribution in [1.29, 1.82) is 0 Å². The van der Waals surface area contributed by atoms with Crippen LogP contribution in [0.5, 0.6) is 0 Å². The van der Waals surface area contributed by atoms with Crippen molar-refractivity contribution in [1.82, 2.24) is 0 Å². The topological polar surface area (TPSA) is 141 Å². The lowest BCUT2D eigenvalue weighted by molar-refractivity contribution is -0.145. The highest BCUT2D eigenvalue weighted by molar-refractivity contribution is 5.98. The number of esters is 2. The van der Waals surface area contributed by atoms with Crippen molar-refractivity contribution in [3.63, 3.8) is 0 Å². The van der Waals surface area contributed by atoms with Gasteiger partial charge in [-0.2, -0.15) is 0 Å². The Morgan fingerprint density at radius 3 is 1.34 bits per heavy atom. The number of carboxylic acid groups (broad SMARTS) is 1. The molecule has 0 aliphatic carbocycles. The maximum atomic E-state index is 11.9. The summed E-state index contributed by atoms with van der Waals surface area (Å²) < 4.78 is 10.2. The van der Waals surface area contributed by atoms with E-state index in [0.29, 0.717) is 83.7 Å². The standard InChI is InChI=1S/C26H42O9/c1-21(27)12-6-8-16-25(32)34-18-10-2-4-13-22(28)20-23(29)14-5-3-11-19-35-26(33)17-9-7-15-24(30)31/h2-20H2,1H3,(H,30,31). The van der Waals surface area contributed by atoms with Gasteiger partial charge in [0.1, 0.15) is 17.3 Å². The summed E-state index contributed by atoms with van der Waals surface area (Å²) in [7, 11) is 0. The molecule has 9 nitrogen and oxygen atoms in total. The number of unbranched alkanes of at least 4 members (excludes halogenated alkanes) is 6. The summed E-state index contributed by atoms with van der Waals surface area (Å²) in [5.74, 6) is -1.51.